The molecular formula is C16H24O5. The number of hydrogen-bond donors (Lipinski definition) is 2. The number of aliphatic hydroxyl groups is 2. The normalized spacial score (nSPS) is 43.3. The fraction of sp³-hybridized carbons (Fsp3) is 0.688. The van der Waals surface area contributed by atoms with E-state index in [9.17, 15) is 15.0 Å². The maximum atomic E-state index is 11.2. The lowest BCUT2D eigenvalue weighted by Gasteiger charge is -2.49. The van der Waals surface area contributed by atoms with Crippen LogP contribution in [0.15, 0.2) is 23.8 Å². The van der Waals surface area contributed by atoms with E-state index < -0.39 is 28.7 Å². The second-order valence-corrected chi connectivity index (χ2v) is 6.65. The summed E-state index contributed by atoms with van der Waals surface area (Å²) in [6, 6.07) is 0. The average Bonchev–Trinajstić information content (AvgIpc) is 2.51. The highest BCUT2D eigenvalue weighted by molar-refractivity contribution is 5.83. The third-order valence-corrected chi connectivity index (χ3v) is 4.88. The molecule has 21 heavy (non-hydrogen) atoms. The molecule has 1 aliphatic carbocycles. The molecule has 0 amide bonds. The number of hydrogen-bond acceptors (Lipinski definition) is 5. The Labute approximate surface area is 125 Å². The standard InChI is InChI=1S/C16H24O5/c1-11(7-13(18)20-4)5-6-16(19)14(2)8-12(17)9-15(16,3)21-10-14/h5-7,12,17,19H,8-10H2,1-4H3/b6-5+,11-7-/t12-,14-,15-,16+/m0/s1. The van der Waals surface area contributed by atoms with Crippen LogP contribution in [0.3, 0.4) is 0 Å². The van der Waals surface area contributed by atoms with Crippen molar-refractivity contribution in [2.24, 2.45) is 5.41 Å². The van der Waals surface area contributed by atoms with E-state index in [0.29, 0.717) is 25.0 Å². The Bertz CT molecular complexity index is 475. The zero-order valence-corrected chi connectivity index (χ0v) is 13.0. The second kappa shape index (κ2) is 5.23. The van der Waals surface area contributed by atoms with E-state index in [1.807, 2.05) is 13.8 Å². The van der Waals surface area contributed by atoms with Gasteiger partial charge in [0.15, 0.2) is 0 Å². The fourth-order valence-corrected chi connectivity index (χ4v) is 3.57. The van der Waals surface area contributed by atoms with Crippen LogP contribution >= 0.6 is 0 Å². The highest BCUT2D eigenvalue weighted by Crippen LogP contribution is 2.57. The van der Waals surface area contributed by atoms with Crippen molar-refractivity contribution in [1.82, 2.24) is 0 Å². The van der Waals surface area contributed by atoms with Crippen molar-refractivity contribution in [3.8, 4) is 0 Å². The van der Waals surface area contributed by atoms with Gasteiger partial charge in [-0.1, -0.05) is 13.0 Å². The summed E-state index contributed by atoms with van der Waals surface area (Å²) in [4.78, 5) is 11.2. The Morgan fingerprint density at radius 1 is 1.38 bits per heavy atom. The minimum Gasteiger partial charge on any atom is -0.466 e. The predicted octanol–water partition coefficient (Wildman–Crippen LogP) is 1.34. The van der Waals surface area contributed by atoms with Crippen LogP contribution in [-0.4, -0.2) is 47.2 Å². The molecule has 0 radical (unpaired) electrons. The molecule has 0 aromatic heterocycles. The molecule has 2 bridgehead atoms. The molecular weight excluding hydrogens is 272 g/mol. The van der Waals surface area contributed by atoms with Gasteiger partial charge in [0.05, 0.1) is 19.8 Å². The topological polar surface area (TPSA) is 76.0 Å². The van der Waals surface area contributed by atoms with Crippen LogP contribution in [0.4, 0.5) is 0 Å². The van der Waals surface area contributed by atoms with E-state index >= 15 is 0 Å². The minimum atomic E-state index is -1.18. The molecule has 2 fully saturated rings. The zero-order chi connectivity index (χ0) is 15.9. The van der Waals surface area contributed by atoms with Gasteiger partial charge in [-0.25, -0.2) is 4.79 Å². The lowest BCUT2D eigenvalue weighted by Crippen LogP contribution is -2.60. The van der Waals surface area contributed by atoms with E-state index in [-0.39, 0.29) is 0 Å². The van der Waals surface area contributed by atoms with Crippen LogP contribution < -0.4 is 0 Å². The number of fused-ring (bicyclic) bond motifs is 2. The highest BCUT2D eigenvalue weighted by Gasteiger charge is 2.67. The first-order valence-corrected chi connectivity index (χ1v) is 7.16. The summed E-state index contributed by atoms with van der Waals surface area (Å²) in [6.07, 6.45) is 5.18. The molecule has 0 spiro atoms. The van der Waals surface area contributed by atoms with Crippen LogP contribution in [0.1, 0.15) is 33.6 Å². The number of carbonyl (C=O) groups is 1. The van der Waals surface area contributed by atoms with Gasteiger partial charge >= 0.3 is 5.97 Å². The highest BCUT2D eigenvalue weighted by atomic mass is 16.5. The molecule has 4 atom stereocenters. The van der Waals surface area contributed by atoms with Crippen LogP contribution in [-0.2, 0) is 14.3 Å². The summed E-state index contributed by atoms with van der Waals surface area (Å²) in [6.45, 7) is 5.91. The van der Waals surface area contributed by atoms with Crippen LogP contribution in [0.2, 0.25) is 0 Å². The first-order chi connectivity index (χ1) is 9.66. The van der Waals surface area contributed by atoms with Gasteiger partial charge in [0.25, 0.3) is 0 Å². The molecule has 1 heterocycles. The van der Waals surface area contributed by atoms with Gasteiger partial charge < -0.3 is 19.7 Å². The Hall–Kier alpha value is -1.17. The van der Waals surface area contributed by atoms with Gasteiger partial charge in [0.1, 0.15) is 11.2 Å². The Balaban J connectivity index is 2.30. The van der Waals surface area contributed by atoms with Crippen LogP contribution in [0.25, 0.3) is 0 Å². The van der Waals surface area contributed by atoms with Crippen molar-refractivity contribution in [3.63, 3.8) is 0 Å². The smallest absolute Gasteiger partial charge is 0.330 e. The Kier molecular flexibility index (Phi) is 4.04. The summed E-state index contributed by atoms with van der Waals surface area (Å²) in [5.41, 5.74) is -1.85. The number of aliphatic hydroxyl groups excluding tert-OH is 1. The first-order valence-electron chi connectivity index (χ1n) is 7.16. The number of methoxy groups -OCH3 is 1. The summed E-state index contributed by atoms with van der Waals surface area (Å²) >= 11 is 0. The molecule has 1 saturated heterocycles. The summed E-state index contributed by atoms with van der Waals surface area (Å²) in [7, 11) is 1.32. The molecule has 5 heteroatoms. The monoisotopic (exact) mass is 296 g/mol. The minimum absolute atomic E-state index is 0.392. The molecule has 0 aromatic carbocycles. The molecule has 118 valence electrons. The van der Waals surface area contributed by atoms with Gasteiger partial charge in [0.2, 0.25) is 0 Å². The number of allylic oxidation sites excluding steroid dienone is 2. The number of ether oxygens (including phenoxy) is 2. The summed E-state index contributed by atoms with van der Waals surface area (Å²) in [5.74, 6) is -0.431. The van der Waals surface area contributed by atoms with Crippen molar-refractivity contribution >= 4 is 5.97 Å². The molecule has 2 rings (SSSR count). The third kappa shape index (κ3) is 2.54. The quantitative estimate of drug-likeness (QED) is 0.467. The molecule has 2 N–H and O–H groups in total. The van der Waals surface area contributed by atoms with Crippen molar-refractivity contribution in [2.75, 3.05) is 13.7 Å². The molecule has 0 aromatic rings. The lowest BCUT2D eigenvalue weighted by molar-refractivity contribution is -0.150. The van der Waals surface area contributed by atoms with Crippen molar-refractivity contribution in [1.29, 1.82) is 0 Å². The van der Waals surface area contributed by atoms with E-state index in [1.165, 1.54) is 13.2 Å². The molecule has 1 aliphatic heterocycles. The van der Waals surface area contributed by atoms with Gasteiger partial charge in [-0.05, 0) is 31.9 Å². The van der Waals surface area contributed by atoms with Crippen LogP contribution in [0, 0.1) is 5.41 Å². The summed E-state index contributed by atoms with van der Waals surface area (Å²) in [5, 5.41) is 21.2. The van der Waals surface area contributed by atoms with Gasteiger partial charge in [-0.3, -0.25) is 0 Å². The maximum Gasteiger partial charge on any atom is 0.330 e. The fourth-order valence-electron chi connectivity index (χ4n) is 3.57. The van der Waals surface area contributed by atoms with Crippen molar-refractivity contribution < 1.29 is 24.5 Å². The summed E-state index contributed by atoms with van der Waals surface area (Å²) < 4.78 is 10.4. The number of esters is 1. The number of carbonyl (C=O) groups excluding carboxylic acids is 1. The Morgan fingerprint density at radius 2 is 2.05 bits per heavy atom. The lowest BCUT2D eigenvalue weighted by atomic mass is 9.59. The van der Waals surface area contributed by atoms with Gasteiger partial charge in [0, 0.05) is 17.9 Å². The van der Waals surface area contributed by atoms with E-state index in [0.717, 1.165) is 0 Å². The first kappa shape index (κ1) is 16.2. The molecule has 5 nitrogen and oxygen atoms in total. The Morgan fingerprint density at radius 3 is 2.62 bits per heavy atom. The average molecular weight is 296 g/mol. The van der Waals surface area contributed by atoms with Gasteiger partial charge in [-0.15, -0.1) is 0 Å². The molecule has 0 unspecified atom stereocenters. The van der Waals surface area contributed by atoms with Crippen molar-refractivity contribution in [3.05, 3.63) is 23.8 Å². The second-order valence-electron chi connectivity index (χ2n) is 6.65. The van der Waals surface area contributed by atoms with Gasteiger partial charge in [-0.2, -0.15) is 0 Å². The predicted molar refractivity (Wildman–Crippen MR) is 77.6 cm³/mol. The van der Waals surface area contributed by atoms with Crippen LogP contribution in [0.5, 0.6) is 0 Å². The van der Waals surface area contributed by atoms with E-state index in [1.54, 1.807) is 19.1 Å². The molecule has 1 saturated carbocycles. The largest absolute Gasteiger partial charge is 0.466 e. The van der Waals surface area contributed by atoms with E-state index in [2.05, 4.69) is 4.74 Å². The van der Waals surface area contributed by atoms with Crippen molar-refractivity contribution in [2.45, 2.75) is 50.9 Å². The zero-order valence-electron chi connectivity index (χ0n) is 13.0. The molecule has 2 aliphatic rings. The third-order valence-electron chi connectivity index (χ3n) is 4.88. The number of rotatable bonds is 3. The maximum absolute atomic E-state index is 11.2. The van der Waals surface area contributed by atoms with E-state index in [4.69, 9.17) is 4.74 Å². The SMILES string of the molecule is COC(=O)/C=C(C)\C=C\[C@@]1(O)[C@]2(C)CO[C@@]1(C)C[C@@H](O)C2.